The molecule has 0 aliphatic carbocycles. The van der Waals surface area contributed by atoms with Crippen molar-refractivity contribution in [1.82, 2.24) is 0 Å². The van der Waals surface area contributed by atoms with Gasteiger partial charge in [-0.15, -0.1) is 0 Å². The maximum Gasteiger partial charge on any atom is 0.456 e. The lowest BCUT2D eigenvalue weighted by atomic mass is 9.74. The van der Waals surface area contributed by atoms with Crippen molar-refractivity contribution >= 4 is 23.0 Å². The number of aromatic hydroxyl groups is 1. The van der Waals surface area contributed by atoms with Crippen LogP contribution in [0.4, 0.5) is 0 Å². The van der Waals surface area contributed by atoms with Crippen LogP contribution in [0.15, 0.2) is 41.0 Å². The van der Waals surface area contributed by atoms with Crippen LogP contribution in [0.2, 0.25) is 6.32 Å². The zero-order valence-corrected chi connectivity index (χ0v) is 16.7. The van der Waals surface area contributed by atoms with Gasteiger partial charge in [-0.1, -0.05) is 42.7 Å². The molecule has 2 N–H and O–H groups in total. The average molecular weight is 390 g/mol. The summed E-state index contributed by atoms with van der Waals surface area (Å²) >= 11 is 0. The van der Waals surface area contributed by atoms with Crippen molar-refractivity contribution in [3.8, 4) is 5.75 Å². The third kappa shape index (κ3) is 4.65. The fraction of sp³-hybridized carbons (Fsp3) is 0.500. The van der Waals surface area contributed by atoms with E-state index in [1.165, 1.54) is 0 Å². The summed E-state index contributed by atoms with van der Waals surface area (Å²) in [5.41, 5.74) is 3.91. The van der Waals surface area contributed by atoms with Crippen LogP contribution in [-0.4, -0.2) is 42.8 Å². The lowest BCUT2D eigenvalue weighted by Crippen LogP contribution is -2.41. The molecule has 1 fully saturated rings. The number of hydrogen-bond acceptors (Lipinski definition) is 5. The Morgan fingerprint density at radius 3 is 2.89 bits per heavy atom. The highest BCUT2D eigenvalue weighted by molar-refractivity contribution is 7.92. The molecule has 0 unspecified atom stereocenters. The van der Waals surface area contributed by atoms with Crippen LogP contribution in [0.3, 0.4) is 0 Å². The number of hydrogen-bond donors (Lipinski definition) is 2. The van der Waals surface area contributed by atoms with E-state index < -0.39 is 22.2 Å². The minimum absolute atomic E-state index is 0.103. The molecule has 1 saturated heterocycles. The largest absolute Gasteiger partial charge is 0.508 e. The molecular weight excluding hydrogens is 363 g/mol. The van der Waals surface area contributed by atoms with E-state index in [1.54, 1.807) is 18.2 Å². The molecule has 7 heteroatoms. The predicted octanol–water partition coefficient (Wildman–Crippen LogP) is 3.35. The first kappa shape index (κ1) is 20.2. The number of fused-ring (bicyclic) bond motifs is 1. The van der Waals surface area contributed by atoms with E-state index in [-0.39, 0.29) is 23.9 Å². The number of phenolic OH excluding ortho intramolecular Hbond substituents is 1. The Bertz CT molecular complexity index is 859. The quantitative estimate of drug-likeness (QED) is 0.575. The summed E-state index contributed by atoms with van der Waals surface area (Å²) in [4.78, 5) is 0. The summed E-state index contributed by atoms with van der Waals surface area (Å²) in [6.45, 7) is 4.05. The minimum Gasteiger partial charge on any atom is -0.508 e. The van der Waals surface area contributed by atoms with Gasteiger partial charge in [-0.05, 0) is 49.5 Å². The fourth-order valence-electron chi connectivity index (χ4n) is 4.13. The number of benzene rings is 1. The molecular formula is C20H27BO5S. The van der Waals surface area contributed by atoms with E-state index in [9.17, 15) is 18.5 Å². The van der Waals surface area contributed by atoms with Gasteiger partial charge in [-0.2, -0.15) is 0 Å². The summed E-state index contributed by atoms with van der Waals surface area (Å²) in [5, 5.41) is 19.0. The minimum atomic E-state index is -3.23. The Kier molecular flexibility index (Phi) is 6.13. The van der Waals surface area contributed by atoms with Gasteiger partial charge in [0.05, 0.1) is 17.1 Å². The van der Waals surface area contributed by atoms with Crippen molar-refractivity contribution in [3.63, 3.8) is 0 Å². The molecule has 2 aliphatic rings. The second-order valence-corrected chi connectivity index (χ2v) is 9.73. The van der Waals surface area contributed by atoms with Crippen molar-refractivity contribution in [2.24, 2.45) is 0 Å². The maximum atomic E-state index is 12.5. The predicted molar refractivity (Wildman–Crippen MR) is 108 cm³/mol. The number of rotatable bonds is 6. The molecule has 1 aromatic carbocycles. The summed E-state index contributed by atoms with van der Waals surface area (Å²) in [7, 11) is -4.27. The Balaban J connectivity index is 1.77. The highest BCUT2D eigenvalue weighted by Crippen LogP contribution is 2.40. The molecule has 27 heavy (non-hydrogen) atoms. The second kappa shape index (κ2) is 8.21. The van der Waals surface area contributed by atoms with E-state index in [4.69, 9.17) is 4.65 Å². The maximum absolute atomic E-state index is 12.5. The smallest absolute Gasteiger partial charge is 0.456 e. The van der Waals surface area contributed by atoms with Gasteiger partial charge in [0, 0.05) is 6.32 Å². The number of allylic oxidation sites excluding steroid dienone is 1. The van der Waals surface area contributed by atoms with Crippen LogP contribution in [0.25, 0.3) is 6.08 Å². The average Bonchev–Trinajstić information content (AvgIpc) is 2.83. The zero-order valence-electron chi connectivity index (χ0n) is 15.9. The van der Waals surface area contributed by atoms with Gasteiger partial charge >= 0.3 is 7.12 Å². The van der Waals surface area contributed by atoms with Gasteiger partial charge in [-0.25, -0.2) is 8.42 Å². The molecule has 0 aromatic heterocycles. The Morgan fingerprint density at radius 2 is 2.19 bits per heavy atom. The van der Waals surface area contributed by atoms with E-state index in [1.807, 2.05) is 26.0 Å². The molecule has 1 aromatic rings. The van der Waals surface area contributed by atoms with Crippen molar-refractivity contribution in [2.45, 2.75) is 57.2 Å². The number of sulfone groups is 1. The standard InChI is InChI=1S/C20H27BO5S/c1-3-5-16-13-27(24,25)19-12-21(23)26-18(20(16)19)9-8-14(2)10-15-6-4-7-17(22)11-15/h4,6-7,10-11,18-19,22-23H,3,5,8-9,12-13H2,1-2H3/b14-10+/t18-,19+/m1/s1. The molecule has 0 saturated carbocycles. The van der Waals surface area contributed by atoms with E-state index in [0.29, 0.717) is 6.42 Å². The molecule has 2 atom stereocenters. The van der Waals surface area contributed by atoms with E-state index in [2.05, 4.69) is 0 Å². The van der Waals surface area contributed by atoms with Gasteiger partial charge in [-0.3, -0.25) is 0 Å². The van der Waals surface area contributed by atoms with Crippen LogP contribution in [-0.2, 0) is 14.5 Å². The van der Waals surface area contributed by atoms with Crippen LogP contribution < -0.4 is 0 Å². The van der Waals surface area contributed by atoms with Crippen LogP contribution in [0, 0.1) is 0 Å². The van der Waals surface area contributed by atoms with E-state index >= 15 is 0 Å². The van der Waals surface area contributed by atoms with Crippen LogP contribution in [0.5, 0.6) is 5.75 Å². The Labute approximate surface area is 161 Å². The highest BCUT2D eigenvalue weighted by Gasteiger charge is 2.48. The zero-order chi connectivity index (χ0) is 19.6. The van der Waals surface area contributed by atoms with Gasteiger partial charge < -0.3 is 14.8 Å². The molecule has 2 aliphatic heterocycles. The van der Waals surface area contributed by atoms with Crippen LogP contribution in [0.1, 0.15) is 45.1 Å². The van der Waals surface area contributed by atoms with Crippen molar-refractivity contribution in [1.29, 1.82) is 0 Å². The SMILES string of the molecule is CCCC1=C2[C@@H](CC/C(C)=C/c3cccc(O)c3)OB(O)C[C@@H]2S(=O)(=O)C1. The molecule has 0 bridgehead atoms. The normalized spacial score (nSPS) is 25.0. The van der Waals surface area contributed by atoms with Crippen LogP contribution >= 0.6 is 0 Å². The van der Waals surface area contributed by atoms with Gasteiger partial charge in [0.15, 0.2) is 9.84 Å². The first-order valence-corrected chi connectivity index (χ1v) is 11.2. The number of phenols is 1. The summed E-state index contributed by atoms with van der Waals surface area (Å²) in [6, 6.07) is 7.05. The molecule has 0 radical (unpaired) electrons. The van der Waals surface area contributed by atoms with Gasteiger partial charge in [0.2, 0.25) is 0 Å². The summed E-state index contributed by atoms with van der Waals surface area (Å²) in [6.07, 6.45) is 4.80. The second-order valence-electron chi connectivity index (χ2n) is 7.54. The third-order valence-electron chi connectivity index (χ3n) is 5.28. The molecule has 5 nitrogen and oxygen atoms in total. The van der Waals surface area contributed by atoms with Gasteiger partial charge in [0.1, 0.15) is 5.75 Å². The van der Waals surface area contributed by atoms with Crippen molar-refractivity contribution in [2.75, 3.05) is 5.75 Å². The highest BCUT2D eigenvalue weighted by atomic mass is 32.2. The van der Waals surface area contributed by atoms with Gasteiger partial charge in [0.25, 0.3) is 0 Å². The van der Waals surface area contributed by atoms with Crippen molar-refractivity contribution < 1.29 is 23.2 Å². The van der Waals surface area contributed by atoms with E-state index in [0.717, 1.165) is 41.5 Å². The Morgan fingerprint density at radius 1 is 1.41 bits per heavy atom. The monoisotopic (exact) mass is 390 g/mol. The molecule has 0 amide bonds. The third-order valence-corrected chi connectivity index (χ3v) is 7.35. The molecule has 3 rings (SSSR count). The fourth-order valence-corrected chi connectivity index (χ4v) is 6.29. The first-order valence-electron chi connectivity index (χ1n) is 9.53. The molecule has 2 heterocycles. The topological polar surface area (TPSA) is 83.8 Å². The van der Waals surface area contributed by atoms with Crippen molar-refractivity contribution in [3.05, 3.63) is 46.5 Å². The first-order chi connectivity index (χ1) is 12.8. The lowest BCUT2D eigenvalue weighted by molar-refractivity contribution is 0.169. The Hall–Kier alpha value is -1.57. The lowest BCUT2D eigenvalue weighted by Gasteiger charge is -2.32. The summed E-state index contributed by atoms with van der Waals surface area (Å²) in [5.74, 6) is 0.328. The molecule has 146 valence electrons. The molecule has 0 spiro atoms. The summed E-state index contributed by atoms with van der Waals surface area (Å²) < 4.78 is 30.8.